The molecule has 2 aliphatic rings. The molecular weight excluding hydrogens is 323 g/mol. The van der Waals surface area contributed by atoms with Gasteiger partial charge in [-0.2, -0.15) is 0 Å². The molecule has 1 saturated carbocycles. The fourth-order valence-corrected chi connectivity index (χ4v) is 4.48. The monoisotopic (exact) mass is 346 g/mol. The van der Waals surface area contributed by atoms with Gasteiger partial charge in [-0.25, -0.2) is 9.37 Å². The zero-order valence-corrected chi connectivity index (χ0v) is 14.5. The molecule has 4 rings (SSSR count). The third-order valence-electron chi connectivity index (χ3n) is 5.17. The second-order valence-corrected chi connectivity index (χ2v) is 7.95. The first-order chi connectivity index (χ1) is 11.7. The van der Waals surface area contributed by atoms with Crippen LogP contribution in [0.3, 0.4) is 0 Å². The van der Waals surface area contributed by atoms with Crippen molar-refractivity contribution in [3.8, 4) is 0 Å². The van der Waals surface area contributed by atoms with Crippen LogP contribution in [0.4, 0.5) is 4.39 Å². The van der Waals surface area contributed by atoms with Gasteiger partial charge >= 0.3 is 0 Å². The first-order valence-corrected chi connectivity index (χ1v) is 9.67. The summed E-state index contributed by atoms with van der Waals surface area (Å²) in [4.78, 5) is 7.20. The Labute approximate surface area is 146 Å². The molecule has 1 aromatic heterocycles. The van der Waals surface area contributed by atoms with Gasteiger partial charge in [0, 0.05) is 17.8 Å². The zero-order chi connectivity index (χ0) is 16.5. The topological polar surface area (TPSA) is 36.4 Å². The molecule has 1 saturated heterocycles. The Kier molecular flexibility index (Phi) is 4.66. The number of likely N-dealkylation sites (tertiary alicyclic amines) is 1. The lowest BCUT2D eigenvalue weighted by atomic mass is 9.87. The summed E-state index contributed by atoms with van der Waals surface area (Å²) in [5, 5.41) is 14.0. The van der Waals surface area contributed by atoms with Gasteiger partial charge in [0.2, 0.25) is 0 Å². The molecule has 5 heteroatoms. The van der Waals surface area contributed by atoms with E-state index in [0.29, 0.717) is 0 Å². The molecule has 0 bridgehead atoms. The average molecular weight is 346 g/mol. The van der Waals surface area contributed by atoms with Crippen LogP contribution in [-0.4, -0.2) is 28.1 Å². The van der Waals surface area contributed by atoms with Gasteiger partial charge in [-0.15, -0.1) is 11.3 Å². The molecule has 0 spiro atoms. The van der Waals surface area contributed by atoms with Gasteiger partial charge in [0.1, 0.15) is 5.82 Å². The van der Waals surface area contributed by atoms with Gasteiger partial charge in [-0.3, -0.25) is 4.90 Å². The van der Waals surface area contributed by atoms with Crippen LogP contribution in [0.1, 0.15) is 54.0 Å². The number of piperidine rings is 1. The average Bonchev–Trinajstić information content (AvgIpc) is 3.36. The van der Waals surface area contributed by atoms with Crippen molar-refractivity contribution in [3.63, 3.8) is 0 Å². The maximum absolute atomic E-state index is 13.0. The normalized spacial score (nSPS) is 21.1. The number of halogens is 1. The Hall–Kier alpha value is -1.30. The van der Waals surface area contributed by atoms with E-state index in [9.17, 15) is 9.50 Å². The lowest BCUT2D eigenvalue weighted by molar-refractivity contribution is 0.0564. The molecule has 0 radical (unpaired) electrons. The van der Waals surface area contributed by atoms with Crippen LogP contribution in [0.5, 0.6) is 0 Å². The highest BCUT2D eigenvalue weighted by molar-refractivity contribution is 7.09. The molecule has 1 N–H and O–H groups in total. The summed E-state index contributed by atoms with van der Waals surface area (Å²) in [7, 11) is 0. The summed E-state index contributed by atoms with van der Waals surface area (Å²) in [6.07, 6.45) is 4.06. The molecule has 3 nitrogen and oxygen atoms in total. The summed E-state index contributed by atoms with van der Waals surface area (Å²) in [6, 6.07) is 6.24. The highest BCUT2D eigenvalue weighted by Crippen LogP contribution is 2.41. The molecule has 0 amide bonds. The van der Waals surface area contributed by atoms with Crippen molar-refractivity contribution in [3.05, 3.63) is 51.7 Å². The summed E-state index contributed by atoms with van der Waals surface area (Å²) >= 11 is 1.80. The van der Waals surface area contributed by atoms with E-state index in [-0.39, 0.29) is 11.7 Å². The van der Waals surface area contributed by atoms with Crippen LogP contribution in [0.2, 0.25) is 0 Å². The zero-order valence-electron chi connectivity index (χ0n) is 13.7. The third-order valence-corrected chi connectivity index (χ3v) is 6.23. The number of nitrogens with zero attached hydrogens (tertiary/aromatic N) is 2. The van der Waals surface area contributed by atoms with Crippen molar-refractivity contribution < 1.29 is 9.50 Å². The van der Waals surface area contributed by atoms with E-state index in [4.69, 9.17) is 4.98 Å². The van der Waals surface area contributed by atoms with Crippen molar-refractivity contribution in [2.24, 2.45) is 5.92 Å². The minimum absolute atomic E-state index is 0.254. The van der Waals surface area contributed by atoms with Gasteiger partial charge < -0.3 is 5.11 Å². The predicted octanol–water partition coefficient (Wildman–Crippen LogP) is 4.11. The van der Waals surface area contributed by atoms with Crippen LogP contribution in [-0.2, 0) is 6.54 Å². The van der Waals surface area contributed by atoms with Crippen LogP contribution in [0.25, 0.3) is 0 Å². The Morgan fingerprint density at radius 1 is 1.17 bits per heavy atom. The molecule has 1 atom stereocenters. The number of aliphatic hydroxyl groups is 1. The van der Waals surface area contributed by atoms with E-state index < -0.39 is 6.10 Å². The van der Waals surface area contributed by atoms with Gasteiger partial charge in [-0.05, 0) is 62.4 Å². The number of benzene rings is 1. The van der Waals surface area contributed by atoms with Gasteiger partial charge in [0.25, 0.3) is 0 Å². The molecular formula is C19H23FN2OS. The van der Waals surface area contributed by atoms with Crippen molar-refractivity contribution in [2.45, 2.75) is 44.2 Å². The van der Waals surface area contributed by atoms with Crippen molar-refractivity contribution >= 4 is 11.3 Å². The first-order valence-electron chi connectivity index (χ1n) is 8.79. The van der Waals surface area contributed by atoms with E-state index in [1.54, 1.807) is 23.5 Å². The molecule has 1 aliphatic heterocycles. The van der Waals surface area contributed by atoms with Crippen molar-refractivity contribution in [1.29, 1.82) is 0 Å². The number of aromatic nitrogens is 1. The maximum Gasteiger partial charge on any atom is 0.123 e. The standard InChI is InChI=1S/C19H23FN2OS/c20-16-5-3-13(4-6-16)18(23)14-7-9-22(10-8-14)11-17-12-24-19(21-17)15-1-2-15/h3-6,12,14-15,18,23H,1-2,7-11H2. The Balaban J connectivity index is 1.30. The Morgan fingerprint density at radius 3 is 2.54 bits per heavy atom. The van der Waals surface area contributed by atoms with E-state index >= 15 is 0 Å². The van der Waals surface area contributed by atoms with Crippen molar-refractivity contribution in [2.75, 3.05) is 13.1 Å². The molecule has 2 heterocycles. The van der Waals surface area contributed by atoms with Crippen LogP contribution in [0.15, 0.2) is 29.6 Å². The second-order valence-electron chi connectivity index (χ2n) is 7.06. The molecule has 1 aromatic carbocycles. The van der Waals surface area contributed by atoms with Gasteiger partial charge in [-0.1, -0.05) is 12.1 Å². The molecule has 128 valence electrons. The Bertz CT molecular complexity index is 675. The molecule has 2 aromatic rings. The lowest BCUT2D eigenvalue weighted by Gasteiger charge is -2.34. The number of hydrogen-bond donors (Lipinski definition) is 1. The molecule has 2 fully saturated rings. The summed E-state index contributed by atoms with van der Waals surface area (Å²) in [5.41, 5.74) is 2.02. The second kappa shape index (κ2) is 6.90. The minimum Gasteiger partial charge on any atom is -0.388 e. The van der Waals surface area contributed by atoms with E-state index in [1.807, 2.05) is 0 Å². The van der Waals surface area contributed by atoms with Crippen LogP contribution >= 0.6 is 11.3 Å². The van der Waals surface area contributed by atoms with E-state index in [2.05, 4.69) is 10.3 Å². The maximum atomic E-state index is 13.0. The minimum atomic E-state index is -0.492. The number of aliphatic hydroxyl groups excluding tert-OH is 1. The lowest BCUT2D eigenvalue weighted by Crippen LogP contribution is -2.35. The molecule has 1 aliphatic carbocycles. The van der Waals surface area contributed by atoms with E-state index in [1.165, 1.54) is 35.7 Å². The van der Waals surface area contributed by atoms with E-state index in [0.717, 1.165) is 44.0 Å². The van der Waals surface area contributed by atoms with Gasteiger partial charge in [0.15, 0.2) is 0 Å². The summed E-state index contributed by atoms with van der Waals surface area (Å²) in [6.45, 7) is 2.89. The smallest absolute Gasteiger partial charge is 0.123 e. The number of rotatable bonds is 5. The quantitative estimate of drug-likeness (QED) is 0.885. The highest BCUT2D eigenvalue weighted by atomic mass is 32.1. The first kappa shape index (κ1) is 16.2. The summed E-state index contributed by atoms with van der Waals surface area (Å²) in [5.74, 6) is 0.735. The Morgan fingerprint density at radius 2 is 1.88 bits per heavy atom. The third kappa shape index (κ3) is 3.68. The predicted molar refractivity (Wildman–Crippen MR) is 93.4 cm³/mol. The molecule has 1 unspecified atom stereocenters. The SMILES string of the molecule is OC(c1ccc(F)cc1)C1CCN(Cc2csc(C3CC3)n2)CC1. The van der Waals surface area contributed by atoms with Crippen LogP contribution < -0.4 is 0 Å². The fraction of sp³-hybridized carbons (Fsp3) is 0.526. The largest absolute Gasteiger partial charge is 0.388 e. The summed E-state index contributed by atoms with van der Waals surface area (Å²) < 4.78 is 13.0. The molecule has 24 heavy (non-hydrogen) atoms. The van der Waals surface area contributed by atoms with Crippen molar-refractivity contribution in [1.82, 2.24) is 9.88 Å². The number of thiazole rings is 1. The number of hydrogen-bond acceptors (Lipinski definition) is 4. The highest BCUT2D eigenvalue weighted by Gasteiger charge is 2.28. The van der Waals surface area contributed by atoms with Gasteiger partial charge in [0.05, 0.1) is 16.8 Å². The fourth-order valence-electron chi connectivity index (χ4n) is 3.50. The van der Waals surface area contributed by atoms with Crippen LogP contribution in [0, 0.1) is 11.7 Å².